The first-order chi connectivity index (χ1) is 5.13. The van der Waals surface area contributed by atoms with Crippen LogP contribution in [-0.4, -0.2) is 15.1 Å². The van der Waals surface area contributed by atoms with Gasteiger partial charge in [-0.25, -0.2) is 9.97 Å². The average molecular weight is 193 g/mol. The van der Waals surface area contributed by atoms with Crippen LogP contribution in [0.25, 0.3) is 0 Å². The first-order valence-electron chi connectivity index (χ1n) is 2.97. The summed E-state index contributed by atoms with van der Waals surface area (Å²) in [4.78, 5) is 7.34. The van der Waals surface area contributed by atoms with E-state index in [2.05, 4.69) is 9.97 Å². The quantitative estimate of drug-likeness (QED) is 0.692. The molecule has 0 fully saturated rings. The van der Waals surface area contributed by atoms with E-state index in [0.29, 0.717) is 5.56 Å². The minimum atomic E-state index is -0.740. The van der Waals surface area contributed by atoms with Crippen LogP contribution < -0.4 is 0 Å². The highest BCUT2D eigenvalue weighted by molar-refractivity contribution is 6.34. The van der Waals surface area contributed by atoms with Gasteiger partial charge in [0.05, 0.1) is 11.7 Å². The summed E-state index contributed by atoms with van der Waals surface area (Å²) in [5, 5.41) is 9.53. The van der Waals surface area contributed by atoms with Crippen molar-refractivity contribution in [1.29, 1.82) is 0 Å². The summed E-state index contributed by atoms with van der Waals surface area (Å²) < 4.78 is 0. The summed E-state index contributed by atoms with van der Waals surface area (Å²) in [6.07, 6.45) is 0.507. The minimum absolute atomic E-state index is 0.194. The first kappa shape index (κ1) is 8.71. The molecule has 1 rings (SSSR count). The van der Waals surface area contributed by atoms with Crippen molar-refractivity contribution in [3.63, 3.8) is 0 Å². The Morgan fingerprint density at radius 1 is 1.36 bits per heavy atom. The fourth-order valence-electron chi connectivity index (χ4n) is 0.699. The third-order valence-corrected chi connectivity index (χ3v) is 1.81. The number of aliphatic hydroxyl groups excluding tert-OH is 1. The van der Waals surface area contributed by atoms with Gasteiger partial charge in [0.25, 0.3) is 0 Å². The van der Waals surface area contributed by atoms with Gasteiger partial charge in [-0.3, -0.25) is 0 Å². The molecule has 0 saturated carbocycles. The molecule has 5 heteroatoms. The zero-order valence-corrected chi connectivity index (χ0v) is 7.26. The molecule has 60 valence electrons. The van der Waals surface area contributed by atoms with Gasteiger partial charge in [0.1, 0.15) is 16.6 Å². The smallest absolute Gasteiger partial charge is 0.139 e. The van der Waals surface area contributed by atoms with Crippen molar-refractivity contribution >= 4 is 23.2 Å². The normalized spacial score (nSPS) is 13.1. The standard InChI is InChI=1S/C6H6Cl2N2O/c1-3(11)4-5(7)9-2-10-6(4)8/h2-3,11H,1H3/t3-/m1/s1. The van der Waals surface area contributed by atoms with Gasteiger partial charge in [-0.15, -0.1) is 0 Å². The second kappa shape index (κ2) is 3.34. The summed E-state index contributed by atoms with van der Waals surface area (Å²) in [6.45, 7) is 1.55. The van der Waals surface area contributed by atoms with E-state index in [1.54, 1.807) is 6.92 Å². The number of halogens is 2. The summed E-state index contributed by atoms with van der Waals surface area (Å²) in [7, 11) is 0. The minimum Gasteiger partial charge on any atom is -0.388 e. The Labute approximate surface area is 74.0 Å². The molecule has 0 amide bonds. The molecule has 0 aliphatic heterocycles. The van der Waals surface area contributed by atoms with Crippen LogP contribution in [0, 0.1) is 0 Å². The number of nitrogens with zero attached hydrogens (tertiary/aromatic N) is 2. The maximum Gasteiger partial charge on any atom is 0.139 e. The van der Waals surface area contributed by atoms with Crippen LogP contribution >= 0.6 is 23.2 Å². The molecule has 0 aromatic carbocycles. The third-order valence-electron chi connectivity index (χ3n) is 1.20. The van der Waals surface area contributed by atoms with E-state index in [0.717, 1.165) is 0 Å². The van der Waals surface area contributed by atoms with Crippen molar-refractivity contribution in [3.8, 4) is 0 Å². The molecule has 1 aromatic heterocycles. The van der Waals surface area contributed by atoms with Gasteiger partial charge in [0.2, 0.25) is 0 Å². The third kappa shape index (κ3) is 1.80. The molecule has 0 aliphatic carbocycles. The SMILES string of the molecule is C[C@@H](O)c1c(Cl)ncnc1Cl. The van der Waals surface area contributed by atoms with Crippen molar-refractivity contribution < 1.29 is 5.11 Å². The van der Waals surface area contributed by atoms with Crippen molar-refractivity contribution in [1.82, 2.24) is 9.97 Å². The maximum atomic E-state index is 9.14. The average Bonchev–Trinajstić information content (AvgIpc) is 1.85. The van der Waals surface area contributed by atoms with E-state index in [9.17, 15) is 0 Å². The molecule has 3 nitrogen and oxygen atoms in total. The molecule has 1 N–H and O–H groups in total. The van der Waals surface area contributed by atoms with E-state index < -0.39 is 6.10 Å². The molecular formula is C6H6Cl2N2O. The molecule has 1 heterocycles. The van der Waals surface area contributed by atoms with Gasteiger partial charge in [0.15, 0.2) is 0 Å². The second-order valence-electron chi connectivity index (χ2n) is 2.04. The molecule has 0 aliphatic rings. The van der Waals surface area contributed by atoms with Crippen molar-refractivity contribution in [2.24, 2.45) is 0 Å². The monoisotopic (exact) mass is 192 g/mol. The van der Waals surface area contributed by atoms with Crippen LogP contribution in [0.2, 0.25) is 10.3 Å². The molecule has 1 aromatic rings. The Balaban J connectivity index is 3.21. The Bertz CT molecular complexity index is 245. The van der Waals surface area contributed by atoms with Gasteiger partial charge in [-0.2, -0.15) is 0 Å². The topological polar surface area (TPSA) is 46.0 Å². The van der Waals surface area contributed by atoms with E-state index >= 15 is 0 Å². The van der Waals surface area contributed by atoms with Gasteiger partial charge >= 0.3 is 0 Å². The number of rotatable bonds is 1. The van der Waals surface area contributed by atoms with Crippen LogP contribution in [0.3, 0.4) is 0 Å². The lowest BCUT2D eigenvalue weighted by atomic mass is 10.2. The molecule has 0 radical (unpaired) electrons. The largest absolute Gasteiger partial charge is 0.388 e. The zero-order valence-electron chi connectivity index (χ0n) is 5.75. The predicted molar refractivity (Wildman–Crippen MR) is 42.7 cm³/mol. The molecular weight excluding hydrogens is 187 g/mol. The van der Waals surface area contributed by atoms with Crippen LogP contribution in [0.5, 0.6) is 0 Å². The van der Waals surface area contributed by atoms with Gasteiger partial charge in [-0.05, 0) is 6.92 Å². The summed E-state index contributed by atoms with van der Waals surface area (Å²) >= 11 is 11.3. The fourth-order valence-corrected chi connectivity index (χ4v) is 1.33. The van der Waals surface area contributed by atoms with E-state index in [4.69, 9.17) is 28.3 Å². The number of aliphatic hydroxyl groups is 1. The molecule has 0 spiro atoms. The van der Waals surface area contributed by atoms with Crippen LogP contribution in [0.15, 0.2) is 6.33 Å². The summed E-state index contributed by atoms with van der Waals surface area (Å²) in [6, 6.07) is 0. The van der Waals surface area contributed by atoms with Crippen molar-refractivity contribution in [2.75, 3.05) is 0 Å². The molecule has 0 saturated heterocycles. The first-order valence-corrected chi connectivity index (χ1v) is 3.72. The van der Waals surface area contributed by atoms with Crippen LogP contribution in [0.4, 0.5) is 0 Å². The van der Waals surface area contributed by atoms with E-state index in [-0.39, 0.29) is 10.3 Å². The van der Waals surface area contributed by atoms with Crippen molar-refractivity contribution in [3.05, 3.63) is 22.2 Å². The Hall–Kier alpha value is -0.380. The van der Waals surface area contributed by atoms with E-state index in [1.165, 1.54) is 6.33 Å². The number of hydrogen-bond donors (Lipinski definition) is 1. The van der Waals surface area contributed by atoms with Crippen molar-refractivity contribution in [2.45, 2.75) is 13.0 Å². The summed E-state index contributed by atoms with van der Waals surface area (Å²) in [5.41, 5.74) is 0.371. The lowest BCUT2D eigenvalue weighted by Gasteiger charge is -2.06. The number of hydrogen-bond acceptors (Lipinski definition) is 3. The Morgan fingerprint density at radius 2 is 1.82 bits per heavy atom. The Morgan fingerprint density at radius 3 is 2.09 bits per heavy atom. The number of aromatic nitrogens is 2. The second-order valence-corrected chi connectivity index (χ2v) is 2.76. The maximum absolute atomic E-state index is 9.14. The Kier molecular flexibility index (Phi) is 2.65. The van der Waals surface area contributed by atoms with E-state index in [1.807, 2.05) is 0 Å². The highest BCUT2D eigenvalue weighted by Gasteiger charge is 2.12. The lowest BCUT2D eigenvalue weighted by molar-refractivity contribution is 0.198. The van der Waals surface area contributed by atoms with Gasteiger partial charge in [0, 0.05) is 0 Å². The van der Waals surface area contributed by atoms with Gasteiger partial charge < -0.3 is 5.11 Å². The zero-order chi connectivity index (χ0) is 8.43. The van der Waals surface area contributed by atoms with Crippen LogP contribution in [-0.2, 0) is 0 Å². The highest BCUT2D eigenvalue weighted by Crippen LogP contribution is 2.25. The molecule has 11 heavy (non-hydrogen) atoms. The molecule has 0 bridgehead atoms. The summed E-state index contributed by atoms with van der Waals surface area (Å²) in [5.74, 6) is 0. The molecule has 0 unspecified atom stereocenters. The predicted octanol–water partition coefficient (Wildman–Crippen LogP) is 1.84. The fraction of sp³-hybridized carbons (Fsp3) is 0.333. The molecule has 1 atom stereocenters. The highest BCUT2D eigenvalue weighted by atomic mass is 35.5. The lowest BCUT2D eigenvalue weighted by Crippen LogP contribution is -1.97. The van der Waals surface area contributed by atoms with Crippen LogP contribution in [0.1, 0.15) is 18.6 Å². The van der Waals surface area contributed by atoms with Gasteiger partial charge in [-0.1, -0.05) is 23.2 Å².